The monoisotopic (exact) mass is 228 g/mol. The number of rotatable bonds is 3. The van der Waals surface area contributed by atoms with Gasteiger partial charge in [-0.25, -0.2) is 0 Å². The fourth-order valence-corrected chi connectivity index (χ4v) is 2.77. The highest BCUT2D eigenvalue weighted by Crippen LogP contribution is 2.23. The summed E-state index contributed by atoms with van der Waals surface area (Å²) in [5, 5.41) is 0. The molecule has 0 aliphatic carbocycles. The van der Waals surface area contributed by atoms with E-state index in [1.807, 2.05) is 0 Å². The zero-order valence-corrected chi connectivity index (χ0v) is 10.4. The van der Waals surface area contributed by atoms with Crippen molar-refractivity contribution in [1.29, 1.82) is 0 Å². The molecule has 2 saturated heterocycles. The first kappa shape index (κ1) is 12.3. The summed E-state index contributed by atoms with van der Waals surface area (Å²) in [6, 6.07) is 0. The van der Waals surface area contributed by atoms with Crippen LogP contribution in [0.5, 0.6) is 0 Å². The predicted molar refractivity (Wildman–Crippen MR) is 63.4 cm³/mol. The van der Waals surface area contributed by atoms with Gasteiger partial charge in [-0.15, -0.1) is 0 Å². The Morgan fingerprint density at radius 2 is 2.25 bits per heavy atom. The molecule has 2 rings (SSSR count). The van der Waals surface area contributed by atoms with Gasteiger partial charge in [-0.1, -0.05) is 0 Å². The summed E-state index contributed by atoms with van der Waals surface area (Å²) in [7, 11) is 0. The lowest BCUT2D eigenvalue weighted by Crippen LogP contribution is -2.55. The van der Waals surface area contributed by atoms with Gasteiger partial charge in [0.25, 0.3) is 0 Å². The van der Waals surface area contributed by atoms with Crippen LogP contribution in [0.3, 0.4) is 0 Å². The normalized spacial score (nSPS) is 35.4. The van der Waals surface area contributed by atoms with Crippen LogP contribution in [0.1, 0.15) is 20.3 Å². The molecule has 0 aromatic heterocycles. The standard InChI is InChI=1S/C12H24N2O2/c1-12(2)9-14(7-11(5-13)16-12)6-10-3-4-15-8-10/h10-11H,3-9,13H2,1-2H3. The van der Waals surface area contributed by atoms with Crippen LogP contribution in [0.2, 0.25) is 0 Å². The molecule has 0 saturated carbocycles. The molecule has 4 nitrogen and oxygen atoms in total. The second-order valence-corrected chi connectivity index (χ2v) is 5.66. The molecule has 2 fully saturated rings. The molecule has 0 spiro atoms. The summed E-state index contributed by atoms with van der Waals surface area (Å²) in [6.07, 6.45) is 1.39. The van der Waals surface area contributed by atoms with E-state index in [2.05, 4.69) is 18.7 Å². The lowest BCUT2D eigenvalue weighted by molar-refractivity contribution is -0.134. The van der Waals surface area contributed by atoms with Gasteiger partial charge >= 0.3 is 0 Å². The Balaban J connectivity index is 1.87. The molecular weight excluding hydrogens is 204 g/mol. The van der Waals surface area contributed by atoms with E-state index in [-0.39, 0.29) is 11.7 Å². The van der Waals surface area contributed by atoms with Crippen LogP contribution in [-0.4, -0.2) is 56.0 Å². The van der Waals surface area contributed by atoms with Crippen molar-refractivity contribution in [3.63, 3.8) is 0 Å². The zero-order valence-electron chi connectivity index (χ0n) is 10.4. The Kier molecular flexibility index (Phi) is 3.85. The maximum absolute atomic E-state index is 5.92. The third kappa shape index (κ3) is 3.17. The first-order chi connectivity index (χ1) is 7.59. The van der Waals surface area contributed by atoms with Crippen molar-refractivity contribution in [1.82, 2.24) is 4.90 Å². The molecule has 2 aliphatic heterocycles. The number of morpholine rings is 1. The molecule has 0 amide bonds. The summed E-state index contributed by atoms with van der Waals surface area (Å²) in [5.74, 6) is 0.701. The average Bonchev–Trinajstić information content (AvgIpc) is 2.67. The fraction of sp³-hybridized carbons (Fsp3) is 1.00. The molecule has 4 heteroatoms. The van der Waals surface area contributed by atoms with E-state index in [0.29, 0.717) is 12.5 Å². The van der Waals surface area contributed by atoms with Crippen LogP contribution in [0.4, 0.5) is 0 Å². The Hall–Kier alpha value is -0.160. The Bertz CT molecular complexity index is 227. The molecule has 94 valence electrons. The highest BCUT2D eigenvalue weighted by molar-refractivity contribution is 4.85. The topological polar surface area (TPSA) is 47.7 Å². The Labute approximate surface area is 98.1 Å². The first-order valence-electron chi connectivity index (χ1n) is 6.27. The van der Waals surface area contributed by atoms with Crippen molar-refractivity contribution in [2.45, 2.75) is 32.0 Å². The molecule has 0 radical (unpaired) electrons. The molecule has 2 heterocycles. The molecule has 2 N–H and O–H groups in total. The molecule has 0 bridgehead atoms. The molecular formula is C12H24N2O2. The van der Waals surface area contributed by atoms with Crippen LogP contribution in [0.15, 0.2) is 0 Å². The molecule has 2 unspecified atom stereocenters. The van der Waals surface area contributed by atoms with Gasteiger partial charge in [-0.2, -0.15) is 0 Å². The zero-order chi connectivity index (χ0) is 11.6. The number of nitrogens with two attached hydrogens (primary N) is 1. The maximum atomic E-state index is 5.92. The summed E-state index contributed by atoms with van der Waals surface area (Å²) in [5.41, 5.74) is 5.65. The fourth-order valence-electron chi connectivity index (χ4n) is 2.77. The lowest BCUT2D eigenvalue weighted by Gasteiger charge is -2.43. The number of nitrogens with zero attached hydrogens (tertiary/aromatic N) is 1. The van der Waals surface area contributed by atoms with E-state index < -0.39 is 0 Å². The largest absolute Gasteiger partial charge is 0.381 e. The second kappa shape index (κ2) is 5.00. The van der Waals surface area contributed by atoms with Gasteiger partial charge in [0.1, 0.15) is 0 Å². The smallest absolute Gasteiger partial charge is 0.0831 e. The van der Waals surface area contributed by atoms with Crippen molar-refractivity contribution in [3.8, 4) is 0 Å². The van der Waals surface area contributed by atoms with Crippen LogP contribution in [-0.2, 0) is 9.47 Å². The molecule has 2 atom stereocenters. The third-order valence-corrected chi connectivity index (χ3v) is 3.36. The van der Waals surface area contributed by atoms with Gasteiger partial charge in [-0.05, 0) is 26.2 Å². The van der Waals surface area contributed by atoms with E-state index in [0.717, 1.165) is 32.8 Å². The highest BCUT2D eigenvalue weighted by Gasteiger charge is 2.33. The van der Waals surface area contributed by atoms with E-state index in [1.54, 1.807) is 0 Å². The summed E-state index contributed by atoms with van der Waals surface area (Å²) in [6.45, 7) is 9.85. The van der Waals surface area contributed by atoms with Crippen molar-refractivity contribution in [3.05, 3.63) is 0 Å². The third-order valence-electron chi connectivity index (χ3n) is 3.36. The van der Waals surface area contributed by atoms with Crippen LogP contribution in [0.25, 0.3) is 0 Å². The highest BCUT2D eigenvalue weighted by atomic mass is 16.5. The molecule has 16 heavy (non-hydrogen) atoms. The number of ether oxygens (including phenoxy) is 2. The SMILES string of the molecule is CC1(C)CN(CC2CCOC2)CC(CN)O1. The van der Waals surface area contributed by atoms with Crippen LogP contribution >= 0.6 is 0 Å². The van der Waals surface area contributed by atoms with Gasteiger partial charge in [0.15, 0.2) is 0 Å². The Morgan fingerprint density at radius 3 is 2.88 bits per heavy atom. The number of hydrogen-bond acceptors (Lipinski definition) is 4. The van der Waals surface area contributed by atoms with Crippen molar-refractivity contribution >= 4 is 0 Å². The van der Waals surface area contributed by atoms with E-state index >= 15 is 0 Å². The molecule has 0 aromatic rings. The van der Waals surface area contributed by atoms with Crippen molar-refractivity contribution < 1.29 is 9.47 Å². The maximum Gasteiger partial charge on any atom is 0.0831 e. The summed E-state index contributed by atoms with van der Waals surface area (Å²) in [4.78, 5) is 2.49. The predicted octanol–water partition coefficient (Wildman–Crippen LogP) is 0.461. The van der Waals surface area contributed by atoms with Crippen LogP contribution < -0.4 is 5.73 Å². The first-order valence-corrected chi connectivity index (χ1v) is 6.27. The Morgan fingerprint density at radius 1 is 1.44 bits per heavy atom. The van der Waals surface area contributed by atoms with E-state index in [9.17, 15) is 0 Å². The quantitative estimate of drug-likeness (QED) is 0.762. The van der Waals surface area contributed by atoms with Crippen LogP contribution in [0, 0.1) is 5.92 Å². The van der Waals surface area contributed by atoms with E-state index in [4.69, 9.17) is 15.2 Å². The minimum absolute atomic E-state index is 0.0677. The molecule has 0 aromatic carbocycles. The van der Waals surface area contributed by atoms with Gasteiger partial charge < -0.3 is 15.2 Å². The van der Waals surface area contributed by atoms with E-state index in [1.165, 1.54) is 6.42 Å². The van der Waals surface area contributed by atoms with Gasteiger partial charge in [0.2, 0.25) is 0 Å². The average molecular weight is 228 g/mol. The minimum Gasteiger partial charge on any atom is -0.381 e. The molecule has 2 aliphatic rings. The van der Waals surface area contributed by atoms with Crippen molar-refractivity contribution in [2.24, 2.45) is 11.7 Å². The number of hydrogen-bond donors (Lipinski definition) is 1. The summed E-state index contributed by atoms with van der Waals surface area (Å²) < 4.78 is 11.3. The minimum atomic E-state index is -0.0677. The van der Waals surface area contributed by atoms with Gasteiger partial charge in [0, 0.05) is 32.8 Å². The van der Waals surface area contributed by atoms with Crippen molar-refractivity contribution in [2.75, 3.05) is 39.4 Å². The summed E-state index contributed by atoms with van der Waals surface area (Å²) >= 11 is 0. The lowest BCUT2D eigenvalue weighted by atomic mass is 10.0. The van der Waals surface area contributed by atoms with Gasteiger partial charge in [-0.3, -0.25) is 4.90 Å². The van der Waals surface area contributed by atoms with Gasteiger partial charge in [0.05, 0.1) is 18.3 Å². The second-order valence-electron chi connectivity index (χ2n) is 5.66.